The summed E-state index contributed by atoms with van der Waals surface area (Å²) in [6.45, 7) is 2.37. The number of hydrogen-bond donors (Lipinski definition) is 0. The third-order valence-electron chi connectivity index (χ3n) is 5.40. The molecule has 0 aromatic carbocycles. The highest BCUT2D eigenvalue weighted by atomic mass is 16.1. The molecule has 68 valence electrons. The first-order chi connectivity index (χ1) is 6.24. The van der Waals surface area contributed by atoms with Gasteiger partial charge in [0.2, 0.25) is 0 Å². The second-order valence-electron chi connectivity index (χ2n) is 5.55. The Bertz CT molecular complexity index is 343. The molecular formula is C12H14O. The predicted octanol–water partition coefficient (Wildman–Crippen LogP) is 2.03. The number of rotatable bonds is 0. The fourth-order valence-corrected chi connectivity index (χ4v) is 4.92. The largest absolute Gasteiger partial charge is 0.299 e. The summed E-state index contributed by atoms with van der Waals surface area (Å²) in [5, 5.41) is 0. The predicted molar refractivity (Wildman–Crippen MR) is 48.9 cm³/mol. The van der Waals surface area contributed by atoms with Crippen molar-refractivity contribution >= 4 is 5.78 Å². The highest BCUT2D eigenvalue weighted by Crippen LogP contribution is 2.80. The van der Waals surface area contributed by atoms with E-state index in [4.69, 9.17) is 0 Å². The van der Waals surface area contributed by atoms with Gasteiger partial charge in [0.25, 0.3) is 0 Å². The molecule has 0 bridgehead atoms. The van der Waals surface area contributed by atoms with Crippen LogP contribution in [0.25, 0.3) is 0 Å². The van der Waals surface area contributed by atoms with Crippen molar-refractivity contribution in [3.63, 3.8) is 0 Å². The zero-order chi connectivity index (χ0) is 8.79. The molecule has 0 aliphatic heterocycles. The van der Waals surface area contributed by atoms with E-state index in [1.54, 1.807) is 0 Å². The van der Waals surface area contributed by atoms with Gasteiger partial charge in [-0.15, -0.1) is 0 Å². The van der Waals surface area contributed by atoms with Gasteiger partial charge in [-0.05, 0) is 35.5 Å². The molecule has 13 heavy (non-hydrogen) atoms. The van der Waals surface area contributed by atoms with Crippen LogP contribution in [0.15, 0.2) is 12.2 Å². The average Bonchev–Trinajstić information content (AvgIpc) is 2.45. The van der Waals surface area contributed by atoms with Crippen LogP contribution in [0.4, 0.5) is 0 Å². The van der Waals surface area contributed by atoms with Crippen molar-refractivity contribution in [3.05, 3.63) is 12.2 Å². The Labute approximate surface area is 78.2 Å². The van der Waals surface area contributed by atoms with Gasteiger partial charge in [-0.2, -0.15) is 0 Å². The Hall–Kier alpha value is -0.590. The Morgan fingerprint density at radius 3 is 3.23 bits per heavy atom. The highest BCUT2D eigenvalue weighted by Gasteiger charge is 2.80. The van der Waals surface area contributed by atoms with Crippen LogP contribution in [-0.2, 0) is 4.79 Å². The first-order valence-corrected chi connectivity index (χ1v) is 5.44. The van der Waals surface area contributed by atoms with Crippen LogP contribution in [0.2, 0.25) is 0 Å². The number of carbonyl (C=O) groups excluding carboxylic acids is 1. The molecule has 0 aromatic heterocycles. The van der Waals surface area contributed by atoms with Crippen LogP contribution in [-0.4, -0.2) is 5.78 Å². The summed E-state index contributed by atoms with van der Waals surface area (Å²) in [4.78, 5) is 11.7. The topological polar surface area (TPSA) is 17.1 Å². The number of fused-ring (bicyclic) bond motifs is 4. The normalized spacial score (nSPS) is 65.6. The van der Waals surface area contributed by atoms with E-state index in [0.29, 0.717) is 17.1 Å². The van der Waals surface area contributed by atoms with Crippen molar-refractivity contribution in [2.75, 3.05) is 0 Å². The monoisotopic (exact) mass is 174 g/mol. The molecule has 1 unspecified atom stereocenters. The minimum Gasteiger partial charge on any atom is -0.299 e. The Kier molecular flexibility index (Phi) is 0.861. The maximum Gasteiger partial charge on any atom is 0.137 e. The van der Waals surface area contributed by atoms with Crippen LogP contribution < -0.4 is 0 Å². The van der Waals surface area contributed by atoms with E-state index in [9.17, 15) is 4.79 Å². The quantitative estimate of drug-likeness (QED) is 0.513. The van der Waals surface area contributed by atoms with Crippen molar-refractivity contribution in [1.29, 1.82) is 0 Å². The summed E-state index contributed by atoms with van der Waals surface area (Å²) < 4.78 is 0. The molecule has 4 aliphatic rings. The summed E-state index contributed by atoms with van der Waals surface area (Å²) in [6, 6.07) is 0. The van der Waals surface area contributed by atoms with Crippen molar-refractivity contribution in [2.24, 2.45) is 35.0 Å². The van der Waals surface area contributed by atoms with Gasteiger partial charge in [0.05, 0.1) is 0 Å². The Balaban J connectivity index is 1.87. The van der Waals surface area contributed by atoms with E-state index >= 15 is 0 Å². The summed E-state index contributed by atoms with van der Waals surface area (Å²) in [5.74, 6) is 4.18. The summed E-state index contributed by atoms with van der Waals surface area (Å²) in [7, 11) is 0. The lowest BCUT2D eigenvalue weighted by molar-refractivity contribution is -0.119. The molecule has 3 fully saturated rings. The molecule has 0 N–H and O–H groups in total. The second kappa shape index (κ2) is 1.65. The smallest absolute Gasteiger partial charge is 0.137 e. The SMILES string of the molecule is C[C@@]12C3[C@H]1C(=O)C[C@@H]2[C@H]1CC=C[C@@H]31. The second-order valence-corrected chi connectivity index (χ2v) is 5.55. The molecule has 6 atom stereocenters. The lowest BCUT2D eigenvalue weighted by Gasteiger charge is -2.20. The fourth-order valence-electron chi connectivity index (χ4n) is 4.92. The van der Waals surface area contributed by atoms with Crippen molar-refractivity contribution in [2.45, 2.75) is 19.8 Å². The fraction of sp³-hybridized carbons (Fsp3) is 0.750. The molecule has 3 saturated carbocycles. The van der Waals surface area contributed by atoms with E-state index in [-0.39, 0.29) is 0 Å². The molecule has 1 heteroatoms. The van der Waals surface area contributed by atoms with Crippen LogP contribution >= 0.6 is 0 Å². The highest BCUT2D eigenvalue weighted by molar-refractivity contribution is 5.90. The van der Waals surface area contributed by atoms with Gasteiger partial charge in [-0.1, -0.05) is 19.1 Å². The third kappa shape index (κ3) is 0.490. The van der Waals surface area contributed by atoms with E-state index in [1.165, 1.54) is 6.42 Å². The molecule has 0 heterocycles. The Morgan fingerprint density at radius 1 is 1.54 bits per heavy atom. The minimum atomic E-state index is 0.456. The molecule has 0 amide bonds. The summed E-state index contributed by atoms with van der Waals surface area (Å²) in [5.41, 5.74) is 0.456. The summed E-state index contributed by atoms with van der Waals surface area (Å²) in [6.07, 6.45) is 6.89. The standard InChI is InChI=1S/C12H14O/c1-12-8-5-9(13)11(12)10(12)7-4-2-3-6(7)8/h2,4,6-8,10-11H,3,5H2,1H3/t6-,7+,8+,10?,11+,12+/m0/s1. The van der Waals surface area contributed by atoms with E-state index in [0.717, 1.165) is 30.1 Å². The van der Waals surface area contributed by atoms with E-state index in [2.05, 4.69) is 19.1 Å². The van der Waals surface area contributed by atoms with Crippen molar-refractivity contribution in [3.8, 4) is 0 Å². The molecule has 4 aliphatic carbocycles. The molecule has 0 aromatic rings. The molecule has 0 radical (unpaired) electrons. The lowest BCUT2D eigenvalue weighted by Crippen LogP contribution is -2.15. The zero-order valence-electron chi connectivity index (χ0n) is 7.86. The Morgan fingerprint density at radius 2 is 2.38 bits per heavy atom. The number of Topliss-reactive ketones (excluding diaryl/α,β-unsaturated/α-hetero) is 1. The van der Waals surface area contributed by atoms with Crippen molar-refractivity contribution < 1.29 is 4.79 Å². The number of carbonyl (C=O) groups is 1. The van der Waals surface area contributed by atoms with Crippen LogP contribution in [0.3, 0.4) is 0 Å². The van der Waals surface area contributed by atoms with Gasteiger partial charge in [0.1, 0.15) is 5.78 Å². The van der Waals surface area contributed by atoms with Gasteiger partial charge < -0.3 is 0 Å². The van der Waals surface area contributed by atoms with Gasteiger partial charge in [0, 0.05) is 12.3 Å². The van der Waals surface area contributed by atoms with E-state index in [1.807, 2.05) is 0 Å². The van der Waals surface area contributed by atoms with Crippen molar-refractivity contribution in [1.82, 2.24) is 0 Å². The van der Waals surface area contributed by atoms with Crippen LogP contribution in [0.1, 0.15) is 19.8 Å². The van der Waals surface area contributed by atoms with Gasteiger partial charge in [-0.3, -0.25) is 4.79 Å². The maximum absolute atomic E-state index is 11.7. The third-order valence-corrected chi connectivity index (χ3v) is 5.40. The van der Waals surface area contributed by atoms with Crippen LogP contribution in [0.5, 0.6) is 0 Å². The molecule has 0 saturated heterocycles. The lowest BCUT2D eigenvalue weighted by atomic mass is 9.83. The van der Waals surface area contributed by atoms with Crippen LogP contribution in [0, 0.1) is 35.0 Å². The first-order valence-electron chi connectivity index (χ1n) is 5.44. The number of hydrogen-bond acceptors (Lipinski definition) is 1. The number of allylic oxidation sites excluding steroid dienone is 2. The van der Waals surface area contributed by atoms with Gasteiger partial charge in [-0.25, -0.2) is 0 Å². The molecule has 0 spiro atoms. The molecular weight excluding hydrogens is 160 g/mol. The summed E-state index contributed by atoms with van der Waals surface area (Å²) >= 11 is 0. The maximum atomic E-state index is 11.7. The molecule has 1 nitrogen and oxygen atoms in total. The average molecular weight is 174 g/mol. The minimum absolute atomic E-state index is 0.456. The van der Waals surface area contributed by atoms with Gasteiger partial charge >= 0.3 is 0 Å². The number of ketones is 1. The van der Waals surface area contributed by atoms with E-state index < -0.39 is 0 Å². The van der Waals surface area contributed by atoms with Gasteiger partial charge in [0.15, 0.2) is 0 Å². The zero-order valence-corrected chi connectivity index (χ0v) is 7.86. The first kappa shape index (κ1) is 6.80. The molecule has 4 rings (SSSR count).